The van der Waals surface area contributed by atoms with Gasteiger partial charge in [-0.1, -0.05) is 13.8 Å². The van der Waals surface area contributed by atoms with E-state index in [0.717, 1.165) is 26.1 Å². The molecule has 4 unspecified atom stereocenters. The van der Waals surface area contributed by atoms with E-state index in [9.17, 15) is 9.90 Å². The second-order valence-corrected chi connectivity index (χ2v) is 6.70. The van der Waals surface area contributed by atoms with E-state index in [-0.39, 0.29) is 17.8 Å². The first-order chi connectivity index (χ1) is 12.1. The molecule has 1 aromatic rings. The molecular weight excluding hydrogens is 324 g/mol. The van der Waals surface area contributed by atoms with Crippen molar-refractivity contribution in [2.24, 2.45) is 11.8 Å². The van der Waals surface area contributed by atoms with Crippen molar-refractivity contribution in [1.29, 1.82) is 0 Å². The summed E-state index contributed by atoms with van der Waals surface area (Å²) in [5.41, 5.74) is 0.149. The summed E-state index contributed by atoms with van der Waals surface area (Å²) in [6.45, 7) is 6.64. The summed E-state index contributed by atoms with van der Waals surface area (Å²) in [6.07, 6.45) is 2.27. The van der Waals surface area contributed by atoms with Gasteiger partial charge in [-0.25, -0.2) is 4.79 Å². The van der Waals surface area contributed by atoms with Crippen molar-refractivity contribution >= 4 is 5.97 Å². The molecule has 2 fully saturated rings. The van der Waals surface area contributed by atoms with Crippen molar-refractivity contribution in [1.82, 2.24) is 0 Å². The monoisotopic (exact) mass is 350 g/mol. The van der Waals surface area contributed by atoms with Gasteiger partial charge in [-0.15, -0.1) is 0 Å². The zero-order valence-corrected chi connectivity index (χ0v) is 14.8. The van der Waals surface area contributed by atoms with Crippen LogP contribution in [0.15, 0.2) is 18.2 Å². The van der Waals surface area contributed by atoms with E-state index < -0.39 is 5.97 Å². The van der Waals surface area contributed by atoms with E-state index in [1.165, 1.54) is 12.1 Å². The molecule has 4 atom stereocenters. The fourth-order valence-corrected chi connectivity index (χ4v) is 3.09. The molecule has 0 spiro atoms. The first-order valence-electron chi connectivity index (χ1n) is 8.97. The van der Waals surface area contributed by atoms with Crippen molar-refractivity contribution in [3.63, 3.8) is 0 Å². The van der Waals surface area contributed by atoms with Crippen molar-refractivity contribution in [3.8, 4) is 11.5 Å². The van der Waals surface area contributed by atoms with Gasteiger partial charge in [-0.2, -0.15) is 0 Å². The van der Waals surface area contributed by atoms with E-state index in [2.05, 4.69) is 13.8 Å². The summed E-state index contributed by atoms with van der Waals surface area (Å²) in [7, 11) is 0. The van der Waals surface area contributed by atoms with E-state index in [1.807, 2.05) is 0 Å². The van der Waals surface area contributed by atoms with Gasteiger partial charge in [0.1, 0.15) is 24.7 Å². The largest absolute Gasteiger partial charge is 0.491 e. The van der Waals surface area contributed by atoms with Crippen molar-refractivity contribution in [2.45, 2.75) is 38.9 Å². The maximum atomic E-state index is 11.4. The van der Waals surface area contributed by atoms with Gasteiger partial charge in [0.2, 0.25) is 0 Å². The molecule has 2 saturated heterocycles. The third kappa shape index (κ3) is 4.25. The van der Waals surface area contributed by atoms with Crippen LogP contribution in [0, 0.1) is 11.8 Å². The molecule has 2 aliphatic heterocycles. The lowest BCUT2D eigenvalue weighted by Crippen LogP contribution is -2.43. The van der Waals surface area contributed by atoms with Crippen LogP contribution >= 0.6 is 0 Å². The Morgan fingerprint density at radius 3 is 1.80 bits per heavy atom. The Labute approximate surface area is 148 Å². The van der Waals surface area contributed by atoms with E-state index >= 15 is 0 Å². The molecule has 25 heavy (non-hydrogen) atoms. The zero-order valence-electron chi connectivity index (χ0n) is 14.8. The predicted octanol–water partition coefficient (Wildman–Crippen LogP) is 2.99. The highest BCUT2D eigenvalue weighted by Crippen LogP contribution is 2.29. The SMILES string of the molecule is CCC1COC1COc1cc(OCC2OCC2CC)cc(C(=O)O)c1. The van der Waals surface area contributed by atoms with Crippen LogP contribution in [0.2, 0.25) is 0 Å². The number of hydrogen-bond acceptors (Lipinski definition) is 5. The Morgan fingerprint density at radius 2 is 1.48 bits per heavy atom. The Bertz CT molecular complexity index is 555. The fourth-order valence-electron chi connectivity index (χ4n) is 3.09. The standard InChI is InChI=1S/C19H26O6/c1-3-12-8-24-17(12)10-22-15-5-14(19(20)21)6-16(7-15)23-11-18-13(4-2)9-25-18/h5-7,12-13,17-18H,3-4,8-11H2,1-2H3,(H,20,21). The fraction of sp³-hybridized carbons (Fsp3) is 0.632. The molecule has 6 nitrogen and oxygen atoms in total. The molecular formula is C19H26O6. The number of ether oxygens (including phenoxy) is 4. The molecule has 0 saturated carbocycles. The maximum absolute atomic E-state index is 11.4. The van der Waals surface area contributed by atoms with Crippen LogP contribution in [0.3, 0.4) is 0 Å². The van der Waals surface area contributed by atoms with Crippen LogP contribution in [0.25, 0.3) is 0 Å². The highest BCUT2D eigenvalue weighted by atomic mass is 16.6. The Balaban J connectivity index is 1.61. The number of carboxylic acid groups (broad SMARTS) is 1. The zero-order chi connectivity index (χ0) is 17.8. The van der Waals surface area contributed by atoms with Gasteiger partial charge >= 0.3 is 5.97 Å². The molecule has 0 bridgehead atoms. The van der Waals surface area contributed by atoms with Crippen LogP contribution in [0.4, 0.5) is 0 Å². The van der Waals surface area contributed by atoms with Crippen LogP contribution in [-0.4, -0.2) is 49.7 Å². The lowest BCUT2D eigenvalue weighted by molar-refractivity contribution is -0.132. The minimum atomic E-state index is -1.01. The van der Waals surface area contributed by atoms with Gasteiger partial charge < -0.3 is 24.1 Å². The third-order valence-corrected chi connectivity index (χ3v) is 5.10. The average molecular weight is 350 g/mol. The highest BCUT2D eigenvalue weighted by molar-refractivity contribution is 5.88. The van der Waals surface area contributed by atoms with Gasteiger partial charge in [0.05, 0.1) is 31.0 Å². The number of carbonyl (C=O) groups is 1. The minimum absolute atomic E-state index is 0.0801. The first kappa shape index (κ1) is 18.0. The second kappa shape index (κ2) is 8.06. The molecule has 0 radical (unpaired) electrons. The quantitative estimate of drug-likeness (QED) is 0.738. The summed E-state index contributed by atoms with van der Waals surface area (Å²) in [4.78, 5) is 11.4. The average Bonchev–Trinajstić information content (AvgIpc) is 2.54. The van der Waals surface area contributed by atoms with Crippen molar-refractivity contribution in [3.05, 3.63) is 23.8 Å². The van der Waals surface area contributed by atoms with E-state index in [4.69, 9.17) is 18.9 Å². The van der Waals surface area contributed by atoms with E-state index in [1.54, 1.807) is 6.07 Å². The number of carboxylic acids is 1. The molecule has 138 valence electrons. The summed E-state index contributed by atoms with van der Waals surface area (Å²) >= 11 is 0. The number of aromatic carboxylic acids is 1. The molecule has 1 N–H and O–H groups in total. The summed E-state index contributed by atoms with van der Waals surface area (Å²) in [6, 6.07) is 4.76. The summed E-state index contributed by atoms with van der Waals surface area (Å²) in [5.74, 6) is 0.997. The Morgan fingerprint density at radius 1 is 1.00 bits per heavy atom. The second-order valence-electron chi connectivity index (χ2n) is 6.70. The number of hydrogen-bond donors (Lipinski definition) is 1. The van der Waals surface area contributed by atoms with Crippen LogP contribution in [0.1, 0.15) is 37.0 Å². The van der Waals surface area contributed by atoms with E-state index in [0.29, 0.717) is 36.5 Å². The van der Waals surface area contributed by atoms with Crippen molar-refractivity contribution in [2.75, 3.05) is 26.4 Å². The lowest BCUT2D eigenvalue weighted by Gasteiger charge is -2.36. The molecule has 1 aromatic carbocycles. The first-order valence-corrected chi connectivity index (χ1v) is 8.97. The molecule has 2 aliphatic rings. The van der Waals surface area contributed by atoms with Gasteiger partial charge in [0.25, 0.3) is 0 Å². The minimum Gasteiger partial charge on any atom is -0.491 e. The summed E-state index contributed by atoms with van der Waals surface area (Å²) < 4.78 is 22.5. The van der Waals surface area contributed by atoms with Crippen LogP contribution < -0.4 is 9.47 Å². The lowest BCUT2D eigenvalue weighted by atomic mass is 9.96. The summed E-state index contributed by atoms with van der Waals surface area (Å²) in [5, 5.41) is 9.30. The predicted molar refractivity (Wildman–Crippen MR) is 91.4 cm³/mol. The third-order valence-electron chi connectivity index (χ3n) is 5.10. The maximum Gasteiger partial charge on any atom is 0.335 e. The molecule has 0 aliphatic carbocycles. The van der Waals surface area contributed by atoms with Gasteiger partial charge in [-0.3, -0.25) is 0 Å². The van der Waals surface area contributed by atoms with Crippen LogP contribution in [0.5, 0.6) is 11.5 Å². The molecule has 0 aromatic heterocycles. The van der Waals surface area contributed by atoms with Gasteiger partial charge in [0, 0.05) is 17.9 Å². The molecule has 3 rings (SSSR count). The van der Waals surface area contributed by atoms with Gasteiger partial charge in [0.15, 0.2) is 0 Å². The Hall–Kier alpha value is -1.79. The number of rotatable bonds is 9. The molecule has 6 heteroatoms. The topological polar surface area (TPSA) is 74.2 Å². The smallest absolute Gasteiger partial charge is 0.335 e. The molecule has 2 heterocycles. The molecule has 0 amide bonds. The normalized spacial score (nSPS) is 27.9. The highest BCUT2D eigenvalue weighted by Gasteiger charge is 2.32. The number of benzene rings is 1. The van der Waals surface area contributed by atoms with Crippen molar-refractivity contribution < 1.29 is 28.8 Å². The van der Waals surface area contributed by atoms with Crippen LogP contribution in [-0.2, 0) is 9.47 Å². The van der Waals surface area contributed by atoms with Gasteiger partial charge in [-0.05, 0) is 25.0 Å². The Kier molecular flexibility index (Phi) is 5.81.